The first-order valence-corrected chi connectivity index (χ1v) is 7.12. The number of hydrogen-bond acceptors (Lipinski definition) is 3. The van der Waals surface area contributed by atoms with Crippen LogP contribution in [0.25, 0.3) is 0 Å². The maximum Gasteiger partial charge on any atom is 0.316 e. The molecule has 0 radical (unpaired) electrons. The number of urea groups is 1. The van der Waals surface area contributed by atoms with Crippen LogP contribution in [0.2, 0.25) is 0 Å². The lowest BCUT2D eigenvalue weighted by Gasteiger charge is -2.12. The fraction of sp³-hybridized carbons (Fsp3) is 0.467. The smallest absolute Gasteiger partial charge is 0.316 e. The van der Waals surface area contributed by atoms with Gasteiger partial charge >= 0.3 is 6.03 Å². The molecule has 0 bridgehead atoms. The van der Waals surface area contributed by atoms with E-state index in [4.69, 9.17) is 0 Å². The number of rotatable bonds is 7. The number of carbonyl (C=O) groups is 2. The Morgan fingerprint density at radius 2 is 1.62 bits per heavy atom. The van der Waals surface area contributed by atoms with Crippen LogP contribution >= 0.6 is 0 Å². The van der Waals surface area contributed by atoms with Crippen molar-refractivity contribution in [3.05, 3.63) is 29.8 Å². The fourth-order valence-electron chi connectivity index (χ4n) is 1.61. The molecule has 0 spiro atoms. The van der Waals surface area contributed by atoms with Crippen LogP contribution in [0, 0.1) is 0 Å². The van der Waals surface area contributed by atoms with Gasteiger partial charge in [0.2, 0.25) is 0 Å². The molecule has 1 rings (SSSR count). The van der Waals surface area contributed by atoms with Gasteiger partial charge < -0.3 is 20.9 Å². The highest BCUT2D eigenvalue weighted by molar-refractivity contribution is 5.94. The molecule has 1 aromatic carbocycles. The Morgan fingerprint density at radius 3 is 2.19 bits per heavy atom. The second kappa shape index (κ2) is 8.84. The van der Waals surface area contributed by atoms with E-state index in [1.807, 2.05) is 12.1 Å². The van der Waals surface area contributed by atoms with Gasteiger partial charge in [0.25, 0.3) is 5.91 Å². The van der Waals surface area contributed by atoms with Gasteiger partial charge in [0.1, 0.15) is 0 Å². The zero-order chi connectivity index (χ0) is 15.7. The third-order valence-corrected chi connectivity index (χ3v) is 2.82. The van der Waals surface area contributed by atoms with E-state index in [0.717, 1.165) is 18.7 Å². The third kappa shape index (κ3) is 6.16. The summed E-state index contributed by atoms with van der Waals surface area (Å²) < 4.78 is 0. The van der Waals surface area contributed by atoms with Gasteiger partial charge in [-0.15, -0.1) is 0 Å². The normalized spacial score (nSPS) is 9.86. The highest BCUT2D eigenvalue weighted by Gasteiger charge is 2.05. The molecule has 21 heavy (non-hydrogen) atoms. The quantitative estimate of drug-likeness (QED) is 0.667. The van der Waals surface area contributed by atoms with Crippen molar-refractivity contribution < 1.29 is 9.59 Å². The molecule has 0 heterocycles. The molecule has 0 atom stereocenters. The predicted molar refractivity (Wildman–Crippen MR) is 84.6 cm³/mol. The van der Waals surface area contributed by atoms with Gasteiger partial charge in [-0.05, 0) is 30.7 Å². The van der Waals surface area contributed by atoms with Gasteiger partial charge in [-0.25, -0.2) is 4.79 Å². The summed E-state index contributed by atoms with van der Waals surface area (Å²) in [5, 5.41) is 8.70. The largest absolute Gasteiger partial charge is 0.385 e. The van der Waals surface area contributed by atoms with Crippen molar-refractivity contribution in [1.29, 1.82) is 0 Å². The van der Waals surface area contributed by atoms with Crippen LogP contribution < -0.4 is 16.0 Å². The minimum absolute atomic E-state index is 0.142. The van der Waals surface area contributed by atoms with Crippen LogP contribution in [0.3, 0.4) is 0 Å². The zero-order valence-electron chi connectivity index (χ0n) is 12.9. The van der Waals surface area contributed by atoms with Crippen molar-refractivity contribution in [2.45, 2.75) is 13.3 Å². The van der Waals surface area contributed by atoms with Crippen LogP contribution in [-0.4, -0.2) is 50.6 Å². The lowest BCUT2D eigenvalue weighted by molar-refractivity contribution is 0.0953. The van der Waals surface area contributed by atoms with Gasteiger partial charge in [0.15, 0.2) is 0 Å². The zero-order valence-corrected chi connectivity index (χ0v) is 12.9. The first-order chi connectivity index (χ1) is 10.0. The Morgan fingerprint density at radius 1 is 1.00 bits per heavy atom. The summed E-state index contributed by atoms with van der Waals surface area (Å²) in [5.41, 5.74) is 1.61. The predicted octanol–water partition coefficient (Wildman–Crippen LogP) is 1.51. The second-order valence-corrected chi connectivity index (χ2v) is 4.89. The number of amides is 3. The summed E-state index contributed by atoms with van der Waals surface area (Å²) in [7, 11) is 3.34. The molecule has 116 valence electrons. The van der Waals surface area contributed by atoms with Crippen molar-refractivity contribution in [2.24, 2.45) is 0 Å². The van der Waals surface area contributed by atoms with E-state index in [1.54, 1.807) is 26.2 Å². The molecule has 3 amide bonds. The number of hydrogen-bond donors (Lipinski definition) is 3. The van der Waals surface area contributed by atoms with E-state index in [2.05, 4.69) is 22.9 Å². The summed E-state index contributed by atoms with van der Waals surface area (Å²) in [6, 6.07) is 7.17. The second-order valence-electron chi connectivity index (χ2n) is 4.89. The molecule has 0 aliphatic rings. The Kier molecular flexibility index (Phi) is 7.08. The van der Waals surface area contributed by atoms with Gasteiger partial charge in [-0.1, -0.05) is 6.92 Å². The first-order valence-electron chi connectivity index (χ1n) is 7.12. The highest BCUT2D eigenvalue weighted by Crippen LogP contribution is 2.09. The molecule has 0 unspecified atom stereocenters. The summed E-state index contributed by atoms with van der Waals surface area (Å²) >= 11 is 0. The summed E-state index contributed by atoms with van der Waals surface area (Å²) in [6.07, 6.45) is 1.06. The number of benzene rings is 1. The summed E-state index contributed by atoms with van der Waals surface area (Å²) in [6.45, 7) is 3.81. The number of anilines is 1. The van der Waals surface area contributed by atoms with E-state index in [-0.39, 0.29) is 11.9 Å². The molecule has 0 aliphatic heterocycles. The Balaban J connectivity index is 2.33. The van der Waals surface area contributed by atoms with Crippen LogP contribution in [0.4, 0.5) is 10.5 Å². The van der Waals surface area contributed by atoms with Crippen LogP contribution in [0.15, 0.2) is 24.3 Å². The number of carbonyl (C=O) groups excluding carboxylic acids is 2. The van der Waals surface area contributed by atoms with Crippen LogP contribution in [0.1, 0.15) is 23.7 Å². The minimum atomic E-state index is -0.171. The van der Waals surface area contributed by atoms with E-state index in [1.165, 1.54) is 4.90 Å². The first kappa shape index (κ1) is 16.8. The van der Waals surface area contributed by atoms with Crippen LogP contribution in [0.5, 0.6) is 0 Å². The molecule has 0 saturated carbocycles. The third-order valence-electron chi connectivity index (χ3n) is 2.82. The number of nitrogens with zero attached hydrogens (tertiary/aromatic N) is 1. The maximum atomic E-state index is 11.9. The van der Waals surface area contributed by atoms with Gasteiger partial charge in [-0.3, -0.25) is 4.79 Å². The Hall–Kier alpha value is -2.24. The van der Waals surface area contributed by atoms with E-state index in [9.17, 15) is 9.59 Å². The Labute approximate surface area is 125 Å². The molecule has 0 aromatic heterocycles. The van der Waals surface area contributed by atoms with Crippen molar-refractivity contribution in [3.8, 4) is 0 Å². The molecule has 6 nitrogen and oxygen atoms in total. The van der Waals surface area contributed by atoms with Gasteiger partial charge in [-0.2, -0.15) is 0 Å². The van der Waals surface area contributed by atoms with E-state index < -0.39 is 0 Å². The van der Waals surface area contributed by atoms with E-state index in [0.29, 0.717) is 18.7 Å². The van der Waals surface area contributed by atoms with Gasteiger partial charge in [0.05, 0.1) is 0 Å². The lowest BCUT2D eigenvalue weighted by atomic mass is 10.2. The standard InChI is InChI=1S/C15H24N4O2/c1-4-9-16-13-7-5-12(6-8-13)14(20)17-10-11-18-15(21)19(2)3/h5-8,16H,4,9-11H2,1-3H3,(H,17,20)(H,18,21). The molecule has 0 saturated heterocycles. The van der Waals surface area contributed by atoms with Crippen LogP contribution in [-0.2, 0) is 0 Å². The maximum absolute atomic E-state index is 11.9. The minimum Gasteiger partial charge on any atom is -0.385 e. The van der Waals surface area contributed by atoms with Crippen molar-refractivity contribution in [1.82, 2.24) is 15.5 Å². The van der Waals surface area contributed by atoms with Crippen molar-refractivity contribution in [2.75, 3.05) is 39.0 Å². The summed E-state index contributed by atoms with van der Waals surface area (Å²) in [4.78, 5) is 24.6. The highest BCUT2D eigenvalue weighted by atomic mass is 16.2. The molecule has 1 aromatic rings. The average molecular weight is 292 g/mol. The molecule has 0 aliphatic carbocycles. The monoisotopic (exact) mass is 292 g/mol. The molecular weight excluding hydrogens is 268 g/mol. The number of nitrogens with one attached hydrogen (secondary N) is 3. The topological polar surface area (TPSA) is 73.5 Å². The van der Waals surface area contributed by atoms with Crippen molar-refractivity contribution >= 4 is 17.6 Å². The SMILES string of the molecule is CCCNc1ccc(C(=O)NCCNC(=O)N(C)C)cc1. The van der Waals surface area contributed by atoms with E-state index >= 15 is 0 Å². The molecular formula is C15H24N4O2. The van der Waals surface area contributed by atoms with Crippen molar-refractivity contribution in [3.63, 3.8) is 0 Å². The summed E-state index contributed by atoms with van der Waals surface area (Å²) in [5.74, 6) is -0.142. The fourth-order valence-corrected chi connectivity index (χ4v) is 1.61. The average Bonchev–Trinajstić information content (AvgIpc) is 2.49. The van der Waals surface area contributed by atoms with Gasteiger partial charge in [0, 0.05) is 45.0 Å². The molecule has 0 fully saturated rings. The Bertz CT molecular complexity index is 457. The lowest BCUT2D eigenvalue weighted by Crippen LogP contribution is -2.39. The molecule has 6 heteroatoms. The molecule has 3 N–H and O–H groups in total.